The van der Waals surface area contributed by atoms with Gasteiger partial charge in [-0.05, 0) is 43.2 Å². The number of rotatable bonds is 10. The van der Waals surface area contributed by atoms with E-state index in [1.54, 1.807) is 48.5 Å². The summed E-state index contributed by atoms with van der Waals surface area (Å²) < 4.78 is 28.3. The first-order valence-electron chi connectivity index (χ1n) is 11.5. The molecule has 3 aromatic rings. The molecular formula is C27H31N3O4S. The summed E-state index contributed by atoms with van der Waals surface area (Å²) >= 11 is 0. The Hall–Kier alpha value is -3.65. The minimum atomic E-state index is -4.04. The Morgan fingerprint density at radius 1 is 0.914 bits per heavy atom. The highest BCUT2D eigenvalue weighted by molar-refractivity contribution is 7.92. The van der Waals surface area contributed by atoms with E-state index in [0.29, 0.717) is 12.1 Å². The molecule has 0 aliphatic carbocycles. The number of nitrogens with zero attached hydrogens (tertiary/aromatic N) is 2. The van der Waals surface area contributed by atoms with E-state index in [2.05, 4.69) is 5.32 Å². The van der Waals surface area contributed by atoms with Crippen LogP contribution in [0.5, 0.6) is 0 Å². The average molecular weight is 494 g/mol. The van der Waals surface area contributed by atoms with E-state index in [1.807, 2.05) is 38.1 Å². The number of carbonyl (C=O) groups excluding carboxylic acids is 2. The van der Waals surface area contributed by atoms with Crippen molar-refractivity contribution in [3.8, 4) is 0 Å². The van der Waals surface area contributed by atoms with E-state index in [9.17, 15) is 18.0 Å². The largest absolute Gasteiger partial charge is 0.357 e. The van der Waals surface area contributed by atoms with Crippen LogP contribution in [0.1, 0.15) is 24.5 Å². The molecule has 0 saturated carbocycles. The third-order valence-corrected chi connectivity index (χ3v) is 7.51. The zero-order valence-corrected chi connectivity index (χ0v) is 21.0. The average Bonchev–Trinajstić information content (AvgIpc) is 2.87. The fourth-order valence-corrected chi connectivity index (χ4v) is 5.37. The highest BCUT2D eigenvalue weighted by Gasteiger charge is 2.33. The van der Waals surface area contributed by atoms with Crippen LogP contribution < -0.4 is 9.62 Å². The van der Waals surface area contributed by atoms with Gasteiger partial charge in [0, 0.05) is 13.6 Å². The number of carbonyl (C=O) groups is 2. The van der Waals surface area contributed by atoms with Crippen LogP contribution in [0, 0.1) is 6.92 Å². The number of sulfonamides is 1. The SMILES string of the molecule is CCC(C(=O)NC)N(Cc1cccc(C)c1)C(=O)CN(c1ccccc1)S(=O)(=O)c1ccccc1. The van der Waals surface area contributed by atoms with Crippen LogP contribution in [-0.4, -0.2) is 44.8 Å². The number of benzene rings is 3. The lowest BCUT2D eigenvalue weighted by atomic mass is 10.1. The molecule has 7 nitrogen and oxygen atoms in total. The molecule has 0 aliphatic rings. The van der Waals surface area contributed by atoms with Gasteiger partial charge in [-0.1, -0.05) is 73.2 Å². The van der Waals surface area contributed by atoms with Gasteiger partial charge in [-0.15, -0.1) is 0 Å². The molecule has 35 heavy (non-hydrogen) atoms. The Morgan fingerprint density at radius 3 is 2.11 bits per heavy atom. The molecule has 0 saturated heterocycles. The lowest BCUT2D eigenvalue weighted by Crippen LogP contribution is -2.51. The molecule has 184 valence electrons. The first-order chi connectivity index (χ1) is 16.8. The maximum absolute atomic E-state index is 13.8. The molecule has 0 heterocycles. The Balaban J connectivity index is 2.02. The molecule has 3 rings (SSSR count). The number of aryl methyl sites for hydroxylation is 1. The van der Waals surface area contributed by atoms with Crippen molar-refractivity contribution in [2.24, 2.45) is 0 Å². The number of nitrogens with one attached hydrogen (secondary N) is 1. The summed E-state index contributed by atoms with van der Waals surface area (Å²) in [4.78, 5) is 28.0. The van der Waals surface area contributed by atoms with Crippen LogP contribution in [0.25, 0.3) is 0 Å². The molecule has 1 unspecified atom stereocenters. The van der Waals surface area contributed by atoms with Crippen molar-refractivity contribution in [1.82, 2.24) is 10.2 Å². The van der Waals surface area contributed by atoms with Gasteiger partial charge >= 0.3 is 0 Å². The van der Waals surface area contributed by atoms with Gasteiger partial charge in [0.2, 0.25) is 11.8 Å². The van der Waals surface area contributed by atoms with E-state index >= 15 is 0 Å². The van der Waals surface area contributed by atoms with Gasteiger partial charge in [0.25, 0.3) is 10.0 Å². The van der Waals surface area contributed by atoms with E-state index in [1.165, 1.54) is 24.1 Å². The topological polar surface area (TPSA) is 86.8 Å². The zero-order valence-electron chi connectivity index (χ0n) is 20.2. The van der Waals surface area contributed by atoms with Crippen LogP contribution in [0.15, 0.2) is 89.8 Å². The Morgan fingerprint density at radius 2 is 1.54 bits per heavy atom. The van der Waals surface area contributed by atoms with Crippen LogP contribution in [0.3, 0.4) is 0 Å². The first-order valence-corrected chi connectivity index (χ1v) is 12.9. The van der Waals surface area contributed by atoms with Crippen molar-refractivity contribution in [3.63, 3.8) is 0 Å². The smallest absolute Gasteiger partial charge is 0.264 e. The van der Waals surface area contributed by atoms with Crippen LogP contribution in [0.2, 0.25) is 0 Å². The van der Waals surface area contributed by atoms with Gasteiger partial charge in [0.15, 0.2) is 0 Å². The second-order valence-corrected chi connectivity index (χ2v) is 10.1. The van der Waals surface area contributed by atoms with Crippen molar-refractivity contribution < 1.29 is 18.0 Å². The molecule has 0 radical (unpaired) electrons. The zero-order chi connectivity index (χ0) is 25.4. The van der Waals surface area contributed by atoms with E-state index in [-0.39, 0.29) is 17.3 Å². The van der Waals surface area contributed by atoms with E-state index < -0.39 is 28.5 Å². The van der Waals surface area contributed by atoms with Gasteiger partial charge in [-0.25, -0.2) is 8.42 Å². The molecule has 0 spiro atoms. The predicted molar refractivity (Wildman–Crippen MR) is 137 cm³/mol. The Kier molecular flexibility index (Phi) is 8.65. The number of para-hydroxylation sites is 1. The highest BCUT2D eigenvalue weighted by atomic mass is 32.2. The highest BCUT2D eigenvalue weighted by Crippen LogP contribution is 2.24. The molecule has 1 N–H and O–H groups in total. The minimum Gasteiger partial charge on any atom is -0.357 e. The monoisotopic (exact) mass is 493 g/mol. The molecule has 8 heteroatoms. The summed E-state index contributed by atoms with van der Waals surface area (Å²) in [5.74, 6) is -0.768. The summed E-state index contributed by atoms with van der Waals surface area (Å²) in [7, 11) is -2.51. The number of hydrogen-bond donors (Lipinski definition) is 1. The third-order valence-electron chi connectivity index (χ3n) is 5.72. The number of anilines is 1. The molecule has 0 bridgehead atoms. The van der Waals surface area contributed by atoms with Crippen LogP contribution in [0.4, 0.5) is 5.69 Å². The maximum atomic E-state index is 13.8. The molecule has 1 atom stereocenters. The molecule has 0 aliphatic heterocycles. The van der Waals surface area contributed by atoms with Gasteiger partial charge in [-0.3, -0.25) is 13.9 Å². The van der Waals surface area contributed by atoms with Gasteiger partial charge in [0.1, 0.15) is 12.6 Å². The lowest BCUT2D eigenvalue weighted by molar-refractivity contribution is -0.140. The Bertz CT molecular complexity index is 1250. The quantitative estimate of drug-likeness (QED) is 0.466. The van der Waals surface area contributed by atoms with Crippen molar-refractivity contribution in [3.05, 3.63) is 96.1 Å². The maximum Gasteiger partial charge on any atom is 0.264 e. The van der Waals surface area contributed by atoms with Crippen molar-refractivity contribution in [2.75, 3.05) is 17.9 Å². The molecule has 2 amide bonds. The predicted octanol–water partition coefficient (Wildman–Crippen LogP) is 3.74. The summed E-state index contributed by atoms with van der Waals surface area (Å²) in [6, 6.07) is 23.5. The fourth-order valence-electron chi connectivity index (χ4n) is 3.94. The summed E-state index contributed by atoms with van der Waals surface area (Å²) in [5, 5.41) is 2.62. The number of likely N-dealkylation sites (N-methyl/N-ethyl adjacent to an activating group) is 1. The van der Waals surface area contributed by atoms with Crippen molar-refractivity contribution >= 4 is 27.5 Å². The standard InChI is InChI=1S/C27H31N3O4S/c1-4-25(27(32)28-3)29(19-22-13-11-12-21(2)18-22)26(31)20-30(23-14-7-5-8-15-23)35(33,34)24-16-9-6-10-17-24/h5-18,25H,4,19-20H2,1-3H3,(H,28,32). The summed E-state index contributed by atoms with van der Waals surface area (Å²) in [5.41, 5.74) is 2.26. The number of amides is 2. The molecular weight excluding hydrogens is 462 g/mol. The van der Waals surface area contributed by atoms with Crippen molar-refractivity contribution in [1.29, 1.82) is 0 Å². The van der Waals surface area contributed by atoms with E-state index in [4.69, 9.17) is 0 Å². The third kappa shape index (κ3) is 6.27. The first kappa shape index (κ1) is 26.0. The lowest BCUT2D eigenvalue weighted by Gasteiger charge is -2.33. The second-order valence-electron chi connectivity index (χ2n) is 8.21. The molecule has 3 aromatic carbocycles. The van der Waals surface area contributed by atoms with Crippen LogP contribution in [-0.2, 0) is 26.2 Å². The van der Waals surface area contributed by atoms with Gasteiger partial charge in [-0.2, -0.15) is 0 Å². The van der Waals surface area contributed by atoms with E-state index in [0.717, 1.165) is 15.4 Å². The minimum absolute atomic E-state index is 0.0835. The van der Waals surface area contributed by atoms with Crippen molar-refractivity contribution in [2.45, 2.75) is 37.8 Å². The summed E-state index contributed by atoms with van der Waals surface area (Å²) in [6.45, 7) is 3.52. The normalized spacial score (nSPS) is 12.0. The fraction of sp³-hybridized carbons (Fsp3) is 0.259. The van der Waals surface area contributed by atoms with Gasteiger partial charge < -0.3 is 10.2 Å². The summed E-state index contributed by atoms with van der Waals surface area (Å²) in [6.07, 6.45) is 0.383. The van der Waals surface area contributed by atoms with Gasteiger partial charge in [0.05, 0.1) is 10.6 Å². The molecule has 0 aromatic heterocycles. The Labute approximate surface area is 207 Å². The molecule has 0 fully saturated rings. The second kappa shape index (κ2) is 11.7. The van der Waals surface area contributed by atoms with Crippen LogP contribution >= 0.6 is 0 Å². The number of hydrogen-bond acceptors (Lipinski definition) is 4.